The maximum Gasteiger partial charge on any atom is 0.260 e. The first-order valence-electron chi connectivity index (χ1n) is 12.7. The molecule has 0 radical (unpaired) electrons. The van der Waals surface area contributed by atoms with E-state index in [1.807, 2.05) is 55.6 Å². The Hall–Kier alpha value is -3.37. The summed E-state index contributed by atoms with van der Waals surface area (Å²) in [5, 5.41) is 11.3. The topological polar surface area (TPSA) is 170 Å². The Morgan fingerprint density at radius 1 is 0.698 bits per heavy atom. The molecule has 0 atom stereocenters. The first kappa shape index (κ1) is 39.6. The molecule has 43 heavy (non-hydrogen) atoms. The number of rotatable bonds is 9. The molecule has 0 spiro atoms. The zero-order chi connectivity index (χ0) is 33.1. The van der Waals surface area contributed by atoms with Gasteiger partial charge in [-0.15, -0.1) is 0 Å². The fourth-order valence-corrected chi connectivity index (χ4v) is 4.55. The van der Waals surface area contributed by atoms with Crippen molar-refractivity contribution < 1.29 is 35.3 Å². The van der Waals surface area contributed by atoms with Gasteiger partial charge in [0, 0.05) is 37.5 Å². The summed E-state index contributed by atoms with van der Waals surface area (Å²) >= 11 is 0. The van der Waals surface area contributed by atoms with E-state index in [0.717, 1.165) is 9.99 Å². The van der Waals surface area contributed by atoms with Gasteiger partial charge in [-0.3, -0.25) is 18.6 Å². The number of nitrogens with one attached hydrogen (secondary N) is 2. The molecule has 0 aliphatic carbocycles. The van der Waals surface area contributed by atoms with Crippen LogP contribution in [0.15, 0.2) is 91.0 Å². The average Bonchev–Trinajstić information content (AvgIpc) is 3.01. The van der Waals surface area contributed by atoms with Gasteiger partial charge in [0.05, 0.1) is 22.9 Å². The van der Waals surface area contributed by atoms with E-state index < -0.39 is 40.8 Å². The quantitative estimate of drug-likeness (QED) is 0.173. The first-order chi connectivity index (χ1) is 20.0. The Morgan fingerprint density at radius 2 is 1.05 bits per heavy atom. The number of para-hydroxylation sites is 3. The number of carbonyl (C=O) groups is 1. The predicted molar refractivity (Wildman–Crippen MR) is 174 cm³/mol. The molecule has 3 N–H and O–H groups in total. The fraction of sp³-hybridized carbons (Fsp3) is 0.296. The number of hydrogen-bond donors (Lipinski definition) is 3. The molecule has 1 amide bonds. The summed E-state index contributed by atoms with van der Waals surface area (Å²) in [7, 11) is -0.563. The molecule has 0 aromatic heterocycles. The number of halogens is 1. The molecule has 0 fully saturated rings. The minimum atomic E-state index is -3.76. The molecule has 3 aromatic rings. The van der Waals surface area contributed by atoms with Crippen LogP contribution in [0.3, 0.4) is 0 Å². The molecule has 0 unspecified atom stereocenters. The summed E-state index contributed by atoms with van der Waals surface area (Å²) in [5.74, 6) is -1.63. The van der Waals surface area contributed by atoms with Crippen LogP contribution in [0.25, 0.3) is 0 Å². The van der Waals surface area contributed by atoms with Gasteiger partial charge < -0.3 is 5.32 Å². The highest BCUT2D eigenvalue weighted by Crippen LogP contribution is 2.16. The third-order valence-corrected chi connectivity index (χ3v) is 10.1. The molecule has 240 valence electrons. The van der Waals surface area contributed by atoms with Crippen LogP contribution in [0, 0.1) is 0 Å². The molecule has 12 nitrogen and oxygen atoms in total. The van der Waals surface area contributed by atoms with E-state index in [0.29, 0.717) is 11.4 Å². The maximum absolute atomic E-state index is 11.7. The van der Waals surface area contributed by atoms with Gasteiger partial charge in [-0.05, 0) is 43.3 Å². The highest BCUT2D eigenvalue weighted by atomic mass is 35.7. The Labute approximate surface area is 259 Å². The van der Waals surface area contributed by atoms with Crippen LogP contribution in [0.2, 0.25) is 0 Å². The van der Waals surface area contributed by atoms with E-state index >= 15 is 0 Å². The number of hydrogen-bond acceptors (Lipinski definition) is 9. The van der Waals surface area contributed by atoms with Crippen molar-refractivity contribution in [3.8, 4) is 0 Å². The number of amides is 1. The third-order valence-electron chi connectivity index (χ3n) is 5.28. The Balaban J connectivity index is 0.000000584. The summed E-state index contributed by atoms with van der Waals surface area (Å²) in [6.45, 7) is 3.12. The van der Waals surface area contributed by atoms with Gasteiger partial charge in [-0.2, -0.15) is 0 Å². The van der Waals surface area contributed by atoms with E-state index in [9.17, 15) is 30.0 Å². The first-order valence-corrected chi connectivity index (χ1v) is 18.4. The number of nitrogens with zero attached hydrogens (tertiary/aromatic N) is 2. The molecule has 0 heterocycles. The second-order valence-corrected chi connectivity index (χ2v) is 15.6. The van der Waals surface area contributed by atoms with Crippen molar-refractivity contribution in [2.45, 2.75) is 13.8 Å². The van der Waals surface area contributed by atoms with Crippen LogP contribution in [-0.2, 0) is 33.9 Å². The Kier molecular flexibility index (Phi) is 18.2. The average molecular weight is 679 g/mol. The number of benzene rings is 3. The van der Waals surface area contributed by atoms with Gasteiger partial charge in [0.15, 0.2) is 5.75 Å². The second kappa shape index (κ2) is 19.7. The smallest absolute Gasteiger partial charge is 0.260 e. The van der Waals surface area contributed by atoms with Crippen molar-refractivity contribution in [1.29, 1.82) is 0 Å². The number of hydroxylamine groups is 1. The zero-order valence-electron chi connectivity index (χ0n) is 24.6. The monoisotopic (exact) mass is 678 g/mol. The van der Waals surface area contributed by atoms with Crippen molar-refractivity contribution >= 4 is 62.7 Å². The summed E-state index contributed by atoms with van der Waals surface area (Å²) < 4.78 is 68.0. The Morgan fingerprint density at radius 3 is 1.33 bits per heavy atom. The van der Waals surface area contributed by atoms with Gasteiger partial charge in [0.25, 0.3) is 5.91 Å². The number of carbonyl (C=O) groups excluding carboxylic acids is 1. The lowest BCUT2D eigenvalue weighted by Crippen LogP contribution is -2.36. The number of sulfonamides is 2. The Bertz CT molecular complexity index is 1530. The number of anilines is 3. The lowest BCUT2D eigenvalue weighted by molar-refractivity contribution is -0.126. The standard InChI is InChI=1S/C9H12N2O4S.C9H13NO2S.C7H9N.C2H5ClO2S/c1-11(8-5-3-2-4-6-8)16(14,15)7-9(12)10-13;1-3-13(11,12)10(2)9-7-5-4-6-8-9;1-8-7-5-3-2-4-6-7;1-2-6(3,4)5/h2-6,13H,7H2,1H3,(H,10,12);4-8H,3H2,1-2H3;2-6,8H,1H3;2H2,1H3. The van der Waals surface area contributed by atoms with Crippen LogP contribution >= 0.6 is 10.7 Å². The lowest BCUT2D eigenvalue weighted by Gasteiger charge is -2.18. The van der Waals surface area contributed by atoms with E-state index in [1.54, 1.807) is 56.4 Å². The summed E-state index contributed by atoms with van der Waals surface area (Å²) in [5.41, 5.74) is 3.59. The molecule has 0 aliphatic heterocycles. The molecule has 0 aliphatic rings. The van der Waals surface area contributed by atoms with Crippen LogP contribution < -0.4 is 19.4 Å². The van der Waals surface area contributed by atoms with Crippen molar-refractivity contribution in [2.24, 2.45) is 0 Å². The van der Waals surface area contributed by atoms with Crippen molar-refractivity contribution in [3.63, 3.8) is 0 Å². The van der Waals surface area contributed by atoms with Gasteiger partial charge >= 0.3 is 0 Å². The summed E-state index contributed by atoms with van der Waals surface area (Å²) in [4.78, 5) is 10.8. The van der Waals surface area contributed by atoms with Gasteiger partial charge in [-0.1, -0.05) is 61.5 Å². The highest BCUT2D eigenvalue weighted by molar-refractivity contribution is 8.13. The SMILES string of the molecule is CCS(=O)(=O)Cl.CCS(=O)(=O)N(C)c1ccccc1.CN(c1ccccc1)S(=O)(=O)CC(=O)NO.CNc1ccccc1. The zero-order valence-corrected chi connectivity index (χ0v) is 27.8. The minimum Gasteiger partial charge on any atom is -0.388 e. The lowest BCUT2D eigenvalue weighted by atomic mass is 10.3. The summed E-state index contributed by atoms with van der Waals surface area (Å²) in [6, 6.07) is 27.4. The molecule has 0 saturated heterocycles. The van der Waals surface area contributed by atoms with Crippen molar-refractivity contribution in [3.05, 3.63) is 91.0 Å². The molecule has 0 bridgehead atoms. The van der Waals surface area contributed by atoms with E-state index in [1.165, 1.54) is 23.8 Å². The van der Waals surface area contributed by atoms with Gasteiger partial charge in [-0.25, -0.2) is 30.7 Å². The summed E-state index contributed by atoms with van der Waals surface area (Å²) in [6.07, 6.45) is 0. The fourth-order valence-electron chi connectivity index (χ4n) is 2.69. The largest absolute Gasteiger partial charge is 0.388 e. The van der Waals surface area contributed by atoms with Crippen LogP contribution in [0.4, 0.5) is 17.1 Å². The van der Waals surface area contributed by atoms with Gasteiger partial charge in [0.1, 0.15) is 0 Å². The molecule has 3 aromatic carbocycles. The second-order valence-electron chi connectivity index (χ2n) is 8.24. The predicted octanol–water partition coefficient (Wildman–Crippen LogP) is 3.73. The van der Waals surface area contributed by atoms with Gasteiger partial charge in [0.2, 0.25) is 29.1 Å². The molecular formula is C27H39ClN4O8S3. The van der Waals surface area contributed by atoms with E-state index in [2.05, 4.69) is 16.0 Å². The molecular weight excluding hydrogens is 640 g/mol. The van der Waals surface area contributed by atoms with Crippen molar-refractivity contribution in [2.75, 3.05) is 52.3 Å². The molecule has 0 saturated carbocycles. The molecule has 3 rings (SSSR count). The minimum absolute atomic E-state index is 0.00849. The molecule has 16 heteroatoms. The van der Waals surface area contributed by atoms with E-state index in [4.69, 9.17) is 5.21 Å². The normalized spacial score (nSPS) is 10.7. The van der Waals surface area contributed by atoms with Crippen molar-refractivity contribution in [1.82, 2.24) is 5.48 Å². The third kappa shape index (κ3) is 16.7. The maximum atomic E-state index is 11.7. The highest BCUT2D eigenvalue weighted by Gasteiger charge is 2.22. The van der Waals surface area contributed by atoms with Crippen LogP contribution in [0.5, 0.6) is 0 Å². The van der Waals surface area contributed by atoms with E-state index in [-0.39, 0.29) is 11.5 Å². The van der Waals surface area contributed by atoms with Crippen LogP contribution in [0.1, 0.15) is 13.8 Å². The van der Waals surface area contributed by atoms with Crippen LogP contribution in [-0.4, -0.2) is 74.8 Å².